The number of H-pyrrole nitrogens is 1. The zero-order valence-corrected chi connectivity index (χ0v) is 9.83. The molecule has 1 heterocycles. The normalized spacial score (nSPS) is 12.7. The molecule has 0 aliphatic rings. The van der Waals surface area contributed by atoms with Gasteiger partial charge in [0.25, 0.3) is 0 Å². The van der Waals surface area contributed by atoms with Crippen molar-refractivity contribution in [2.24, 2.45) is 0 Å². The first kappa shape index (κ1) is 11.5. The second kappa shape index (κ2) is 4.87. The van der Waals surface area contributed by atoms with Crippen LogP contribution in [-0.4, -0.2) is 15.1 Å². The molecule has 16 heavy (non-hydrogen) atoms. The van der Waals surface area contributed by atoms with Crippen LogP contribution in [0, 0.1) is 0 Å². The summed E-state index contributed by atoms with van der Waals surface area (Å²) in [5.74, 6) is 0.721. The molecule has 0 saturated carbocycles. The molecule has 0 radical (unpaired) electrons. The summed E-state index contributed by atoms with van der Waals surface area (Å²) < 4.78 is 0. The molecule has 0 bridgehead atoms. The van der Waals surface area contributed by atoms with Crippen molar-refractivity contribution < 1.29 is 5.11 Å². The third-order valence-corrected chi connectivity index (χ3v) is 2.83. The Labute approximate surface area is 103 Å². The number of imidazole rings is 1. The fraction of sp³-hybridized carbons (Fsp3) is 0.182. The molecule has 2 rings (SSSR count). The van der Waals surface area contributed by atoms with Crippen LogP contribution < -0.4 is 0 Å². The second-order valence-electron chi connectivity index (χ2n) is 3.42. The number of aliphatic hydroxyl groups is 1. The Morgan fingerprint density at radius 1 is 1.38 bits per heavy atom. The summed E-state index contributed by atoms with van der Waals surface area (Å²) in [5, 5.41) is 11.0. The Balaban J connectivity index is 2.17. The molecule has 0 saturated heterocycles. The highest BCUT2D eigenvalue weighted by Gasteiger charge is 2.13. The maximum Gasteiger partial charge on any atom is 0.108 e. The fourth-order valence-corrected chi connectivity index (χ4v) is 2.01. The lowest BCUT2D eigenvalue weighted by atomic mass is 10.1. The summed E-state index contributed by atoms with van der Waals surface area (Å²) in [7, 11) is 0. The number of hydrogen-bond donors (Lipinski definition) is 2. The summed E-state index contributed by atoms with van der Waals surface area (Å²) >= 11 is 11.8. The van der Waals surface area contributed by atoms with Crippen molar-refractivity contribution in [2.45, 2.75) is 12.5 Å². The van der Waals surface area contributed by atoms with E-state index in [0.29, 0.717) is 22.0 Å². The highest BCUT2D eigenvalue weighted by atomic mass is 35.5. The van der Waals surface area contributed by atoms with Gasteiger partial charge in [-0.3, -0.25) is 0 Å². The largest absolute Gasteiger partial charge is 0.388 e. The zero-order valence-electron chi connectivity index (χ0n) is 8.32. The Hall–Kier alpha value is -1.03. The number of rotatable bonds is 3. The van der Waals surface area contributed by atoms with Crippen LogP contribution in [0.3, 0.4) is 0 Å². The molecular formula is C11H10Cl2N2O. The summed E-state index contributed by atoms with van der Waals surface area (Å²) in [5.41, 5.74) is 0.655. The summed E-state index contributed by atoms with van der Waals surface area (Å²) in [6.07, 6.45) is 3.07. The molecule has 0 amide bonds. The second-order valence-corrected chi connectivity index (χ2v) is 4.27. The molecule has 0 spiro atoms. The Kier molecular flexibility index (Phi) is 3.49. The van der Waals surface area contributed by atoms with E-state index in [2.05, 4.69) is 9.97 Å². The molecule has 0 aliphatic heterocycles. The van der Waals surface area contributed by atoms with Gasteiger partial charge in [0.05, 0.1) is 6.10 Å². The molecule has 5 heteroatoms. The molecular weight excluding hydrogens is 247 g/mol. The van der Waals surface area contributed by atoms with E-state index in [1.54, 1.807) is 30.6 Å². The average Bonchev–Trinajstić information content (AvgIpc) is 2.70. The van der Waals surface area contributed by atoms with Crippen molar-refractivity contribution in [1.82, 2.24) is 9.97 Å². The van der Waals surface area contributed by atoms with Crippen molar-refractivity contribution in [3.8, 4) is 0 Å². The van der Waals surface area contributed by atoms with E-state index < -0.39 is 6.10 Å². The molecule has 1 aromatic heterocycles. The van der Waals surface area contributed by atoms with E-state index >= 15 is 0 Å². The van der Waals surface area contributed by atoms with Crippen molar-refractivity contribution in [1.29, 1.82) is 0 Å². The van der Waals surface area contributed by atoms with Gasteiger partial charge < -0.3 is 10.1 Å². The number of nitrogens with zero attached hydrogens (tertiary/aromatic N) is 1. The monoisotopic (exact) mass is 256 g/mol. The van der Waals surface area contributed by atoms with E-state index in [1.165, 1.54) is 0 Å². The van der Waals surface area contributed by atoms with Crippen LogP contribution in [0.4, 0.5) is 0 Å². The third kappa shape index (κ3) is 2.55. The van der Waals surface area contributed by atoms with Crippen molar-refractivity contribution in [3.63, 3.8) is 0 Å². The van der Waals surface area contributed by atoms with Gasteiger partial charge in [0, 0.05) is 28.9 Å². The van der Waals surface area contributed by atoms with Crippen LogP contribution in [0.1, 0.15) is 17.5 Å². The van der Waals surface area contributed by atoms with Crippen molar-refractivity contribution in [3.05, 3.63) is 52.0 Å². The van der Waals surface area contributed by atoms with Gasteiger partial charge in [-0.15, -0.1) is 0 Å². The number of aromatic nitrogens is 2. The van der Waals surface area contributed by atoms with E-state index in [9.17, 15) is 5.11 Å². The summed E-state index contributed by atoms with van der Waals surface area (Å²) in [6, 6.07) is 5.04. The predicted molar refractivity (Wildman–Crippen MR) is 63.7 cm³/mol. The maximum absolute atomic E-state index is 9.98. The quantitative estimate of drug-likeness (QED) is 0.887. The minimum Gasteiger partial charge on any atom is -0.388 e. The Morgan fingerprint density at radius 2 is 2.19 bits per heavy atom. The summed E-state index contributed by atoms with van der Waals surface area (Å²) in [6.45, 7) is 0. The molecule has 1 atom stereocenters. The lowest BCUT2D eigenvalue weighted by molar-refractivity contribution is 0.176. The van der Waals surface area contributed by atoms with E-state index in [-0.39, 0.29) is 0 Å². The molecule has 0 aliphatic carbocycles. The van der Waals surface area contributed by atoms with Gasteiger partial charge >= 0.3 is 0 Å². The van der Waals surface area contributed by atoms with Crippen LogP contribution >= 0.6 is 23.2 Å². The van der Waals surface area contributed by atoms with Gasteiger partial charge in [-0.2, -0.15) is 0 Å². The first-order chi connectivity index (χ1) is 7.66. The molecule has 84 valence electrons. The van der Waals surface area contributed by atoms with Gasteiger partial charge in [-0.25, -0.2) is 4.98 Å². The standard InChI is InChI=1S/C11H10Cl2N2O/c12-7-1-2-8(9(13)5-7)10(16)6-11-14-3-4-15-11/h1-5,10,16H,6H2,(H,14,15)/t10-/m1/s1. The van der Waals surface area contributed by atoms with E-state index in [0.717, 1.165) is 5.82 Å². The smallest absolute Gasteiger partial charge is 0.108 e. The third-order valence-electron chi connectivity index (χ3n) is 2.26. The fourth-order valence-electron chi connectivity index (χ4n) is 1.47. The van der Waals surface area contributed by atoms with Crippen molar-refractivity contribution >= 4 is 23.2 Å². The van der Waals surface area contributed by atoms with Crippen LogP contribution in [-0.2, 0) is 6.42 Å². The molecule has 1 aromatic carbocycles. The van der Waals surface area contributed by atoms with Gasteiger partial charge in [0.15, 0.2) is 0 Å². The number of benzene rings is 1. The van der Waals surface area contributed by atoms with Crippen LogP contribution in [0.15, 0.2) is 30.6 Å². The predicted octanol–water partition coefficient (Wildman–Crippen LogP) is 2.99. The SMILES string of the molecule is O[C@H](Cc1ncc[nH]1)c1ccc(Cl)cc1Cl. The highest BCUT2D eigenvalue weighted by molar-refractivity contribution is 6.35. The molecule has 2 aromatic rings. The Bertz CT molecular complexity index is 471. The molecule has 3 nitrogen and oxygen atoms in total. The van der Waals surface area contributed by atoms with E-state index in [1.807, 2.05) is 0 Å². The topological polar surface area (TPSA) is 48.9 Å². The Morgan fingerprint density at radius 3 is 2.81 bits per heavy atom. The van der Waals surface area contributed by atoms with Crippen LogP contribution in [0.2, 0.25) is 10.0 Å². The first-order valence-electron chi connectivity index (χ1n) is 4.78. The maximum atomic E-state index is 9.98. The van der Waals surface area contributed by atoms with Crippen LogP contribution in [0.25, 0.3) is 0 Å². The lowest BCUT2D eigenvalue weighted by Crippen LogP contribution is -2.03. The number of halogens is 2. The molecule has 0 fully saturated rings. The minimum atomic E-state index is -0.684. The minimum absolute atomic E-state index is 0.397. The number of nitrogens with one attached hydrogen (secondary N) is 1. The lowest BCUT2D eigenvalue weighted by Gasteiger charge is -2.11. The zero-order chi connectivity index (χ0) is 11.5. The summed E-state index contributed by atoms with van der Waals surface area (Å²) in [4.78, 5) is 6.97. The average molecular weight is 257 g/mol. The van der Waals surface area contributed by atoms with Gasteiger partial charge in [-0.05, 0) is 17.7 Å². The highest BCUT2D eigenvalue weighted by Crippen LogP contribution is 2.27. The van der Waals surface area contributed by atoms with E-state index in [4.69, 9.17) is 23.2 Å². The van der Waals surface area contributed by atoms with Crippen molar-refractivity contribution in [2.75, 3.05) is 0 Å². The number of aliphatic hydroxyl groups excluding tert-OH is 1. The molecule has 2 N–H and O–H groups in total. The van der Waals surface area contributed by atoms with Gasteiger partial charge in [0.1, 0.15) is 5.82 Å². The number of aromatic amines is 1. The first-order valence-corrected chi connectivity index (χ1v) is 5.53. The van der Waals surface area contributed by atoms with Gasteiger partial charge in [-0.1, -0.05) is 29.3 Å². The molecule has 0 unspecified atom stereocenters. The number of hydrogen-bond acceptors (Lipinski definition) is 2. The van der Waals surface area contributed by atoms with Crippen LogP contribution in [0.5, 0.6) is 0 Å². The van der Waals surface area contributed by atoms with Gasteiger partial charge in [0.2, 0.25) is 0 Å².